The second kappa shape index (κ2) is 10.4. The zero-order valence-corrected chi connectivity index (χ0v) is 20.2. The molecule has 3 aromatic rings. The molecule has 0 fully saturated rings. The van der Waals surface area contributed by atoms with Gasteiger partial charge < -0.3 is 15.4 Å². The number of carbonyl (C=O) groups is 2. The molecule has 0 atom stereocenters. The van der Waals surface area contributed by atoms with Gasteiger partial charge in [-0.2, -0.15) is 0 Å². The number of amides is 3. The Labute approximate surface area is 204 Å². The molecule has 0 bridgehead atoms. The van der Waals surface area contributed by atoms with Crippen LogP contribution in [0, 0.1) is 5.41 Å². The van der Waals surface area contributed by atoms with E-state index in [4.69, 9.17) is 21.7 Å². The van der Waals surface area contributed by atoms with E-state index in [1.807, 2.05) is 24.3 Å². The Morgan fingerprint density at radius 2 is 1.62 bits per heavy atom. The Kier molecular flexibility index (Phi) is 7.58. The first-order valence-electron chi connectivity index (χ1n) is 10.6. The summed E-state index contributed by atoms with van der Waals surface area (Å²) in [6, 6.07) is 18.5. The first-order chi connectivity index (χ1) is 16.1. The predicted octanol–water partition coefficient (Wildman–Crippen LogP) is 6.05. The van der Waals surface area contributed by atoms with Gasteiger partial charge in [-0.05, 0) is 35.2 Å². The summed E-state index contributed by atoms with van der Waals surface area (Å²) in [6.07, 6.45) is 0. The molecule has 0 saturated carbocycles. The van der Waals surface area contributed by atoms with Crippen LogP contribution in [0.15, 0.2) is 66.7 Å². The predicted molar refractivity (Wildman–Crippen MR) is 137 cm³/mol. The third-order valence-electron chi connectivity index (χ3n) is 5.10. The average molecular weight is 479 g/mol. The third kappa shape index (κ3) is 6.14. The molecule has 0 heterocycles. The Morgan fingerprint density at radius 3 is 2.24 bits per heavy atom. The van der Waals surface area contributed by atoms with Crippen LogP contribution in [0.2, 0.25) is 5.02 Å². The molecule has 0 aliphatic heterocycles. The maximum absolute atomic E-state index is 12.5. The molecule has 3 aromatic carbocycles. The van der Waals surface area contributed by atoms with Crippen molar-refractivity contribution in [1.29, 1.82) is 5.41 Å². The monoisotopic (exact) mass is 478 g/mol. The minimum atomic E-state index is -0.570. The minimum absolute atomic E-state index is 0.00354. The molecule has 34 heavy (non-hydrogen) atoms. The maximum Gasteiger partial charge on any atom is 0.324 e. The fourth-order valence-corrected chi connectivity index (χ4v) is 3.41. The van der Waals surface area contributed by atoms with Crippen molar-refractivity contribution in [3.63, 3.8) is 0 Å². The summed E-state index contributed by atoms with van der Waals surface area (Å²) in [5.74, 6) is -0.0483. The number of halogens is 1. The summed E-state index contributed by atoms with van der Waals surface area (Å²) >= 11 is 6.09. The number of ether oxygens (including phenoxy) is 1. The number of rotatable bonds is 5. The van der Waals surface area contributed by atoms with Crippen LogP contribution in [0.3, 0.4) is 0 Å². The molecule has 8 heteroatoms. The highest BCUT2D eigenvalue weighted by Gasteiger charge is 2.16. The van der Waals surface area contributed by atoms with Gasteiger partial charge in [-0.15, -0.1) is 0 Å². The Hall–Kier alpha value is -3.84. The number of anilines is 2. The van der Waals surface area contributed by atoms with Crippen LogP contribution in [-0.2, 0) is 5.41 Å². The summed E-state index contributed by atoms with van der Waals surface area (Å²) in [5.41, 5.74) is 2.93. The zero-order valence-electron chi connectivity index (χ0n) is 19.5. The highest BCUT2D eigenvalue weighted by Crippen LogP contribution is 2.29. The van der Waals surface area contributed by atoms with Gasteiger partial charge in [0.1, 0.15) is 11.6 Å². The van der Waals surface area contributed by atoms with Gasteiger partial charge in [0.2, 0.25) is 0 Å². The van der Waals surface area contributed by atoms with Crippen LogP contribution < -0.4 is 20.7 Å². The van der Waals surface area contributed by atoms with Crippen LogP contribution in [0.25, 0.3) is 0 Å². The topological polar surface area (TPSA) is 103 Å². The average Bonchev–Trinajstić information content (AvgIpc) is 2.79. The minimum Gasteiger partial charge on any atom is -0.494 e. The van der Waals surface area contributed by atoms with E-state index in [1.54, 1.807) is 42.5 Å². The zero-order chi connectivity index (χ0) is 24.9. The number of urea groups is 1. The number of methoxy groups -OCH3 is 1. The van der Waals surface area contributed by atoms with Crippen LogP contribution in [0.1, 0.15) is 42.3 Å². The van der Waals surface area contributed by atoms with Gasteiger partial charge in [-0.3, -0.25) is 15.5 Å². The van der Waals surface area contributed by atoms with E-state index in [2.05, 4.69) is 36.7 Å². The fourth-order valence-electron chi connectivity index (χ4n) is 3.19. The summed E-state index contributed by atoms with van der Waals surface area (Å²) in [5, 5.41) is 16.5. The van der Waals surface area contributed by atoms with Crippen LogP contribution in [0.5, 0.6) is 5.75 Å². The molecular formula is C26H27ClN4O3. The number of benzene rings is 3. The molecule has 0 aliphatic rings. The molecular weight excluding hydrogens is 452 g/mol. The molecule has 0 unspecified atom stereocenters. The van der Waals surface area contributed by atoms with E-state index < -0.39 is 6.03 Å². The normalized spacial score (nSPS) is 10.9. The molecule has 176 valence electrons. The lowest BCUT2D eigenvalue weighted by Crippen LogP contribution is -2.34. The van der Waals surface area contributed by atoms with E-state index in [-0.39, 0.29) is 17.2 Å². The van der Waals surface area contributed by atoms with Crippen molar-refractivity contribution in [3.8, 4) is 5.75 Å². The van der Waals surface area contributed by atoms with Crippen molar-refractivity contribution in [2.75, 3.05) is 17.7 Å². The smallest absolute Gasteiger partial charge is 0.324 e. The van der Waals surface area contributed by atoms with Gasteiger partial charge in [0.15, 0.2) is 0 Å². The van der Waals surface area contributed by atoms with E-state index in [0.717, 1.165) is 5.56 Å². The fraction of sp³-hybridized carbons (Fsp3) is 0.192. The molecule has 3 rings (SSSR count). The number of carbonyl (C=O) groups excluding carboxylic acids is 2. The van der Waals surface area contributed by atoms with Gasteiger partial charge in [-0.25, -0.2) is 4.79 Å². The third-order valence-corrected chi connectivity index (χ3v) is 5.43. The summed E-state index contributed by atoms with van der Waals surface area (Å²) in [4.78, 5) is 25.0. The standard InChI is InChI=1S/C26H27ClN4O3/c1-26(2,3)17-11-9-16(10-12-17)23(28)31-25(33)29-18-13-14-21(22(15-18)34-4)30-24(32)19-7-5-6-8-20(19)27/h5-15H,1-4H3,(H,30,32)(H3,28,29,31,33). The van der Waals surface area contributed by atoms with Crippen molar-refractivity contribution >= 4 is 40.7 Å². The van der Waals surface area contributed by atoms with Gasteiger partial charge in [0.05, 0.1) is 23.4 Å². The quantitative estimate of drug-likeness (QED) is 0.265. The molecule has 4 N–H and O–H groups in total. The second-order valence-electron chi connectivity index (χ2n) is 8.63. The van der Waals surface area contributed by atoms with Crippen LogP contribution in [-0.4, -0.2) is 24.9 Å². The number of amidine groups is 1. The molecule has 0 aromatic heterocycles. The van der Waals surface area contributed by atoms with E-state index >= 15 is 0 Å². The van der Waals surface area contributed by atoms with E-state index in [9.17, 15) is 9.59 Å². The van der Waals surface area contributed by atoms with Crippen molar-refractivity contribution in [3.05, 3.63) is 88.4 Å². The largest absolute Gasteiger partial charge is 0.494 e. The number of hydrogen-bond acceptors (Lipinski definition) is 4. The molecule has 0 saturated heterocycles. The summed E-state index contributed by atoms with van der Waals surface area (Å²) in [7, 11) is 1.46. The van der Waals surface area contributed by atoms with Crippen molar-refractivity contribution in [2.24, 2.45) is 0 Å². The Bertz CT molecular complexity index is 1220. The molecule has 7 nitrogen and oxygen atoms in total. The summed E-state index contributed by atoms with van der Waals surface area (Å²) < 4.78 is 5.36. The van der Waals surface area contributed by atoms with Gasteiger partial charge in [0, 0.05) is 17.3 Å². The molecule has 0 aliphatic carbocycles. The Morgan fingerprint density at radius 1 is 0.941 bits per heavy atom. The Balaban J connectivity index is 1.65. The van der Waals surface area contributed by atoms with E-state index in [1.165, 1.54) is 7.11 Å². The van der Waals surface area contributed by atoms with Gasteiger partial charge >= 0.3 is 6.03 Å². The van der Waals surface area contributed by atoms with Crippen molar-refractivity contribution in [1.82, 2.24) is 5.32 Å². The van der Waals surface area contributed by atoms with Gasteiger partial charge in [-0.1, -0.05) is 68.8 Å². The van der Waals surface area contributed by atoms with Crippen LogP contribution in [0.4, 0.5) is 16.2 Å². The van der Waals surface area contributed by atoms with Crippen LogP contribution >= 0.6 is 11.6 Å². The first-order valence-corrected chi connectivity index (χ1v) is 11.0. The summed E-state index contributed by atoms with van der Waals surface area (Å²) in [6.45, 7) is 6.34. The maximum atomic E-state index is 12.5. The number of nitrogens with one attached hydrogen (secondary N) is 4. The molecule has 3 amide bonds. The van der Waals surface area contributed by atoms with Crippen molar-refractivity contribution < 1.29 is 14.3 Å². The lowest BCUT2D eigenvalue weighted by molar-refractivity contribution is 0.102. The lowest BCUT2D eigenvalue weighted by Gasteiger charge is -2.19. The highest BCUT2D eigenvalue weighted by atomic mass is 35.5. The lowest BCUT2D eigenvalue weighted by atomic mass is 9.86. The second-order valence-corrected chi connectivity index (χ2v) is 9.04. The first kappa shape index (κ1) is 24.8. The SMILES string of the molecule is COc1cc(NC(=O)NC(=N)c2ccc(C(C)(C)C)cc2)ccc1NC(=O)c1ccccc1Cl. The van der Waals surface area contributed by atoms with E-state index in [0.29, 0.717) is 33.3 Å². The van der Waals surface area contributed by atoms with Gasteiger partial charge in [0.25, 0.3) is 5.91 Å². The molecule has 0 spiro atoms. The van der Waals surface area contributed by atoms with Crippen molar-refractivity contribution in [2.45, 2.75) is 26.2 Å². The molecule has 0 radical (unpaired) electrons. The highest BCUT2D eigenvalue weighted by molar-refractivity contribution is 6.34. The number of hydrogen-bond donors (Lipinski definition) is 4.